The Balaban J connectivity index is 1.94. The number of nitrogens with zero attached hydrogens (tertiary/aromatic N) is 2. The topological polar surface area (TPSA) is 65.5 Å². The average molecular weight is 242 g/mol. The molecule has 1 atom stereocenters. The van der Waals surface area contributed by atoms with Crippen LogP contribution < -0.4 is 5.32 Å². The molecule has 1 aromatic rings. The van der Waals surface area contributed by atoms with E-state index in [0.29, 0.717) is 30.4 Å². The molecule has 0 spiro atoms. The van der Waals surface area contributed by atoms with Gasteiger partial charge in [0.2, 0.25) is 0 Å². The van der Waals surface area contributed by atoms with E-state index in [1.807, 2.05) is 0 Å². The van der Waals surface area contributed by atoms with Crippen molar-refractivity contribution in [2.24, 2.45) is 0 Å². The van der Waals surface area contributed by atoms with E-state index in [0.717, 1.165) is 0 Å². The maximum absolute atomic E-state index is 11.7. The van der Waals surface area contributed by atoms with E-state index < -0.39 is 6.10 Å². The number of carbonyl (C=O) groups is 1. The van der Waals surface area contributed by atoms with Crippen LogP contribution in [0.1, 0.15) is 6.42 Å². The van der Waals surface area contributed by atoms with Crippen molar-refractivity contribution < 1.29 is 9.90 Å². The first kappa shape index (κ1) is 11.2. The Kier molecular flexibility index (Phi) is 3.26. The zero-order chi connectivity index (χ0) is 11.5. The van der Waals surface area contributed by atoms with Crippen LogP contribution in [0.5, 0.6) is 0 Å². The van der Waals surface area contributed by atoms with Crippen LogP contribution in [0.2, 0.25) is 5.02 Å². The third-order valence-corrected chi connectivity index (χ3v) is 2.64. The van der Waals surface area contributed by atoms with Gasteiger partial charge in [-0.1, -0.05) is 11.6 Å². The molecule has 0 aromatic carbocycles. The predicted molar refractivity (Wildman–Crippen MR) is 60.5 cm³/mol. The zero-order valence-electron chi connectivity index (χ0n) is 8.56. The summed E-state index contributed by atoms with van der Waals surface area (Å²) in [5, 5.41) is 12.5. The number of aliphatic hydroxyl groups is 1. The Morgan fingerprint density at radius 1 is 1.62 bits per heavy atom. The Bertz CT molecular complexity index is 382. The highest BCUT2D eigenvalue weighted by molar-refractivity contribution is 6.30. The molecule has 0 aliphatic carbocycles. The van der Waals surface area contributed by atoms with Crippen molar-refractivity contribution in [1.29, 1.82) is 0 Å². The van der Waals surface area contributed by atoms with Gasteiger partial charge in [-0.25, -0.2) is 9.78 Å². The lowest BCUT2D eigenvalue weighted by Crippen LogP contribution is -2.33. The number of carbonyl (C=O) groups excluding carboxylic acids is 1. The van der Waals surface area contributed by atoms with Crippen molar-refractivity contribution in [2.45, 2.75) is 12.5 Å². The highest BCUT2D eigenvalue weighted by Crippen LogP contribution is 2.13. The Morgan fingerprint density at radius 3 is 3.00 bits per heavy atom. The molecule has 0 saturated carbocycles. The molecular weight excluding hydrogens is 230 g/mol. The van der Waals surface area contributed by atoms with Gasteiger partial charge in [0, 0.05) is 19.3 Å². The van der Waals surface area contributed by atoms with Gasteiger partial charge in [-0.15, -0.1) is 0 Å². The first-order chi connectivity index (χ1) is 7.65. The lowest BCUT2D eigenvalue weighted by Gasteiger charge is -2.15. The van der Waals surface area contributed by atoms with Gasteiger partial charge in [-0.2, -0.15) is 0 Å². The summed E-state index contributed by atoms with van der Waals surface area (Å²) in [6, 6.07) is 3.04. The lowest BCUT2D eigenvalue weighted by atomic mass is 10.3. The standard InChI is InChI=1S/C10H12ClN3O2/c11-7-1-2-9(12-5-7)13-10(16)14-4-3-8(15)6-14/h1-2,5,8,15H,3-4,6H2,(H,12,13,16)/t8-/m1/s1. The van der Waals surface area contributed by atoms with E-state index in [1.165, 1.54) is 6.20 Å². The summed E-state index contributed by atoms with van der Waals surface area (Å²) in [5.41, 5.74) is 0. The smallest absolute Gasteiger partial charge is 0.323 e. The molecule has 86 valence electrons. The highest BCUT2D eigenvalue weighted by Gasteiger charge is 2.24. The quantitative estimate of drug-likeness (QED) is 0.780. The number of rotatable bonds is 1. The number of aliphatic hydroxyl groups excluding tert-OH is 1. The molecule has 5 nitrogen and oxygen atoms in total. The van der Waals surface area contributed by atoms with Gasteiger partial charge in [0.1, 0.15) is 5.82 Å². The van der Waals surface area contributed by atoms with Crippen molar-refractivity contribution in [2.75, 3.05) is 18.4 Å². The van der Waals surface area contributed by atoms with Crippen molar-refractivity contribution in [3.05, 3.63) is 23.4 Å². The van der Waals surface area contributed by atoms with Crippen LogP contribution in [0.25, 0.3) is 0 Å². The molecule has 0 unspecified atom stereocenters. The maximum atomic E-state index is 11.7. The van der Waals surface area contributed by atoms with E-state index in [4.69, 9.17) is 11.6 Å². The SMILES string of the molecule is O=C(Nc1ccc(Cl)cn1)N1CC[C@@H](O)C1. The number of anilines is 1. The minimum absolute atomic E-state index is 0.244. The second-order valence-electron chi connectivity index (χ2n) is 3.68. The summed E-state index contributed by atoms with van der Waals surface area (Å²) in [4.78, 5) is 17.2. The molecule has 1 aliphatic heterocycles. The Morgan fingerprint density at radius 2 is 2.44 bits per heavy atom. The molecule has 1 saturated heterocycles. The van der Waals surface area contributed by atoms with Crippen LogP contribution in [-0.2, 0) is 0 Å². The first-order valence-corrected chi connectivity index (χ1v) is 5.38. The summed E-state index contributed by atoms with van der Waals surface area (Å²) < 4.78 is 0. The normalized spacial score (nSPS) is 19.9. The number of hydrogen-bond donors (Lipinski definition) is 2. The van der Waals surface area contributed by atoms with Gasteiger partial charge in [0.15, 0.2) is 0 Å². The fourth-order valence-electron chi connectivity index (χ4n) is 1.56. The largest absolute Gasteiger partial charge is 0.391 e. The van der Waals surface area contributed by atoms with Crippen LogP contribution in [0, 0.1) is 0 Å². The van der Waals surface area contributed by atoms with Gasteiger partial charge >= 0.3 is 6.03 Å². The van der Waals surface area contributed by atoms with Crippen LogP contribution in [0.4, 0.5) is 10.6 Å². The number of urea groups is 1. The highest BCUT2D eigenvalue weighted by atomic mass is 35.5. The van der Waals surface area contributed by atoms with Crippen LogP contribution in [-0.4, -0.2) is 40.2 Å². The van der Waals surface area contributed by atoms with Crippen molar-refractivity contribution >= 4 is 23.4 Å². The van der Waals surface area contributed by atoms with Crippen LogP contribution in [0.3, 0.4) is 0 Å². The fraction of sp³-hybridized carbons (Fsp3) is 0.400. The van der Waals surface area contributed by atoms with E-state index in [2.05, 4.69) is 10.3 Å². The third-order valence-electron chi connectivity index (χ3n) is 2.41. The summed E-state index contributed by atoms with van der Waals surface area (Å²) in [7, 11) is 0. The molecule has 2 amide bonds. The second kappa shape index (κ2) is 4.67. The summed E-state index contributed by atoms with van der Waals surface area (Å²) in [5.74, 6) is 0.454. The molecule has 0 radical (unpaired) electrons. The summed E-state index contributed by atoms with van der Waals surface area (Å²) in [6.07, 6.45) is 1.68. The Labute approximate surface area is 98.0 Å². The van der Waals surface area contributed by atoms with Gasteiger partial charge < -0.3 is 10.0 Å². The Hall–Kier alpha value is -1.33. The number of β-amino-alcohol motifs (C(OH)–C–C–N with tert-alkyl or cyclic N) is 1. The van der Waals surface area contributed by atoms with Gasteiger partial charge in [-0.05, 0) is 18.6 Å². The number of hydrogen-bond acceptors (Lipinski definition) is 3. The minimum Gasteiger partial charge on any atom is -0.391 e. The van der Waals surface area contributed by atoms with E-state index in [9.17, 15) is 9.90 Å². The molecule has 2 heterocycles. The third kappa shape index (κ3) is 2.62. The number of likely N-dealkylation sites (tertiary alicyclic amines) is 1. The number of nitrogens with one attached hydrogen (secondary N) is 1. The van der Waals surface area contributed by atoms with Crippen molar-refractivity contribution in [3.63, 3.8) is 0 Å². The predicted octanol–water partition coefficient (Wildman–Crippen LogP) is 1.33. The lowest BCUT2D eigenvalue weighted by molar-refractivity contribution is 0.176. The number of halogens is 1. The summed E-state index contributed by atoms with van der Waals surface area (Å²) >= 11 is 5.68. The maximum Gasteiger partial charge on any atom is 0.323 e. The van der Waals surface area contributed by atoms with Gasteiger partial charge in [0.25, 0.3) is 0 Å². The summed E-state index contributed by atoms with van der Waals surface area (Å²) in [6.45, 7) is 0.944. The number of pyridine rings is 1. The molecule has 1 fully saturated rings. The molecule has 2 rings (SSSR count). The molecule has 0 bridgehead atoms. The monoisotopic (exact) mass is 241 g/mol. The average Bonchev–Trinajstić information content (AvgIpc) is 2.68. The van der Waals surface area contributed by atoms with Crippen LogP contribution >= 0.6 is 11.6 Å². The molecule has 1 aliphatic rings. The molecule has 2 N–H and O–H groups in total. The molecule has 16 heavy (non-hydrogen) atoms. The minimum atomic E-state index is -0.413. The molecule has 1 aromatic heterocycles. The van der Waals surface area contributed by atoms with E-state index >= 15 is 0 Å². The molecule has 6 heteroatoms. The zero-order valence-corrected chi connectivity index (χ0v) is 9.31. The van der Waals surface area contributed by atoms with Crippen molar-refractivity contribution in [3.8, 4) is 0 Å². The van der Waals surface area contributed by atoms with Crippen LogP contribution in [0.15, 0.2) is 18.3 Å². The number of aromatic nitrogens is 1. The first-order valence-electron chi connectivity index (χ1n) is 5.01. The molecular formula is C10H12ClN3O2. The van der Waals surface area contributed by atoms with E-state index in [1.54, 1.807) is 17.0 Å². The number of amides is 2. The van der Waals surface area contributed by atoms with Crippen molar-refractivity contribution in [1.82, 2.24) is 9.88 Å². The fourth-order valence-corrected chi connectivity index (χ4v) is 1.68. The van der Waals surface area contributed by atoms with E-state index in [-0.39, 0.29) is 6.03 Å². The van der Waals surface area contributed by atoms with Gasteiger partial charge in [-0.3, -0.25) is 5.32 Å². The second-order valence-corrected chi connectivity index (χ2v) is 4.12. The van der Waals surface area contributed by atoms with Gasteiger partial charge in [0.05, 0.1) is 11.1 Å².